The van der Waals surface area contributed by atoms with E-state index in [1.807, 2.05) is 31.2 Å². The molecule has 0 aromatic heterocycles. The van der Waals surface area contributed by atoms with Crippen molar-refractivity contribution in [2.75, 3.05) is 13.1 Å². The van der Waals surface area contributed by atoms with Gasteiger partial charge in [-0.25, -0.2) is 0 Å². The Labute approximate surface area is 94.2 Å². The maximum atomic E-state index is 12.0. The molecule has 1 atom stereocenters. The highest BCUT2D eigenvalue weighted by Gasteiger charge is 2.30. The average molecular weight is 218 g/mol. The minimum absolute atomic E-state index is 0.178. The van der Waals surface area contributed by atoms with Crippen molar-refractivity contribution in [3.63, 3.8) is 0 Å². The van der Waals surface area contributed by atoms with Gasteiger partial charge >= 0.3 is 0 Å². The molecule has 84 valence electrons. The summed E-state index contributed by atoms with van der Waals surface area (Å²) >= 11 is 0. The van der Waals surface area contributed by atoms with Crippen LogP contribution >= 0.6 is 0 Å². The van der Waals surface area contributed by atoms with Crippen LogP contribution in [0, 0.1) is 4.91 Å². The topological polar surface area (TPSA) is 49.7 Å². The van der Waals surface area contributed by atoms with Gasteiger partial charge in [-0.3, -0.25) is 4.79 Å². The first kappa shape index (κ1) is 10.8. The first-order valence-corrected chi connectivity index (χ1v) is 5.47. The molecule has 4 nitrogen and oxygen atoms in total. The Balaban J connectivity index is 2.45. The fourth-order valence-electron chi connectivity index (χ4n) is 2.12. The summed E-state index contributed by atoms with van der Waals surface area (Å²) in [6.07, 6.45) is 0.793. The molecule has 1 aliphatic rings. The Morgan fingerprint density at radius 2 is 2.19 bits per heavy atom. The lowest BCUT2D eigenvalue weighted by Crippen LogP contribution is -2.33. The van der Waals surface area contributed by atoms with E-state index in [0.717, 1.165) is 17.5 Å². The lowest BCUT2D eigenvalue weighted by Gasteiger charge is -2.19. The lowest BCUT2D eigenvalue weighted by molar-refractivity contribution is -0.132. The molecule has 1 aliphatic heterocycles. The maximum absolute atomic E-state index is 12.0. The average Bonchev–Trinajstić information content (AvgIpc) is 2.45. The molecule has 1 heterocycles. The second-order valence-electron chi connectivity index (χ2n) is 3.87. The molecule has 0 saturated heterocycles. The number of nitrogens with zero attached hydrogens (tertiary/aromatic N) is 2. The standard InChI is InChI=1S/C12H14N2O2/c1-2-14-8-7-9-5-3-4-6-10(9)11(13-16)12(14)15/h3-6,11H,2,7-8H2,1H3. The van der Waals surface area contributed by atoms with E-state index < -0.39 is 6.04 Å². The Hall–Kier alpha value is -1.71. The van der Waals surface area contributed by atoms with Crippen molar-refractivity contribution in [3.05, 3.63) is 40.3 Å². The van der Waals surface area contributed by atoms with Crippen molar-refractivity contribution in [2.45, 2.75) is 19.4 Å². The molecule has 0 radical (unpaired) electrons. The second-order valence-corrected chi connectivity index (χ2v) is 3.87. The van der Waals surface area contributed by atoms with Crippen molar-refractivity contribution < 1.29 is 4.79 Å². The van der Waals surface area contributed by atoms with Gasteiger partial charge in [0.1, 0.15) is 0 Å². The highest BCUT2D eigenvalue weighted by atomic mass is 16.3. The minimum Gasteiger partial charge on any atom is -0.340 e. The van der Waals surface area contributed by atoms with Crippen LogP contribution in [0.4, 0.5) is 0 Å². The maximum Gasteiger partial charge on any atom is 0.255 e. The smallest absolute Gasteiger partial charge is 0.255 e. The molecule has 2 rings (SSSR count). The summed E-state index contributed by atoms with van der Waals surface area (Å²) < 4.78 is 0. The van der Waals surface area contributed by atoms with E-state index in [-0.39, 0.29) is 5.91 Å². The van der Waals surface area contributed by atoms with Gasteiger partial charge < -0.3 is 4.90 Å². The van der Waals surface area contributed by atoms with Crippen molar-refractivity contribution in [2.24, 2.45) is 5.18 Å². The van der Waals surface area contributed by atoms with Crippen molar-refractivity contribution in [3.8, 4) is 0 Å². The zero-order valence-corrected chi connectivity index (χ0v) is 9.22. The van der Waals surface area contributed by atoms with E-state index in [2.05, 4.69) is 5.18 Å². The van der Waals surface area contributed by atoms with E-state index in [1.165, 1.54) is 0 Å². The molecular formula is C12H14N2O2. The number of fused-ring (bicyclic) bond motifs is 1. The first-order chi connectivity index (χ1) is 7.77. The molecule has 1 amide bonds. The van der Waals surface area contributed by atoms with Gasteiger partial charge in [0, 0.05) is 13.1 Å². The Morgan fingerprint density at radius 3 is 2.88 bits per heavy atom. The molecule has 16 heavy (non-hydrogen) atoms. The summed E-state index contributed by atoms with van der Waals surface area (Å²) in [5.41, 5.74) is 1.81. The zero-order chi connectivity index (χ0) is 11.5. The van der Waals surface area contributed by atoms with Gasteiger partial charge in [-0.1, -0.05) is 29.4 Å². The summed E-state index contributed by atoms with van der Waals surface area (Å²) in [6.45, 7) is 3.20. The minimum atomic E-state index is -0.862. The molecule has 0 saturated carbocycles. The lowest BCUT2D eigenvalue weighted by atomic mass is 10.00. The van der Waals surface area contributed by atoms with Gasteiger partial charge in [0.2, 0.25) is 0 Å². The Bertz CT molecular complexity index is 417. The molecule has 1 aromatic carbocycles. The summed E-state index contributed by atoms with van der Waals surface area (Å²) in [7, 11) is 0. The van der Waals surface area contributed by atoms with Crippen LogP contribution in [0.5, 0.6) is 0 Å². The number of benzene rings is 1. The van der Waals surface area contributed by atoms with Crippen LogP contribution in [0.3, 0.4) is 0 Å². The largest absolute Gasteiger partial charge is 0.340 e. The molecule has 0 N–H and O–H groups in total. The zero-order valence-electron chi connectivity index (χ0n) is 9.22. The molecule has 1 unspecified atom stereocenters. The van der Waals surface area contributed by atoms with Crippen molar-refractivity contribution in [1.29, 1.82) is 0 Å². The second kappa shape index (κ2) is 4.43. The van der Waals surface area contributed by atoms with Crippen LogP contribution in [-0.2, 0) is 11.2 Å². The molecular weight excluding hydrogens is 204 g/mol. The fraction of sp³-hybridized carbons (Fsp3) is 0.417. The predicted octanol–water partition coefficient (Wildman–Crippen LogP) is 1.90. The van der Waals surface area contributed by atoms with Crippen LogP contribution in [0.25, 0.3) is 0 Å². The third kappa shape index (κ3) is 1.71. The number of carbonyl (C=O) groups is 1. The van der Waals surface area contributed by atoms with Crippen molar-refractivity contribution >= 4 is 5.91 Å². The van der Waals surface area contributed by atoms with E-state index in [4.69, 9.17) is 0 Å². The number of rotatable bonds is 2. The summed E-state index contributed by atoms with van der Waals surface area (Å²) in [5.74, 6) is -0.178. The van der Waals surface area contributed by atoms with Crippen LogP contribution in [0.2, 0.25) is 0 Å². The van der Waals surface area contributed by atoms with Gasteiger partial charge in [-0.05, 0) is 24.5 Å². The molecule has 0 bridgehead atoms. The normalized spacial score (nSPS) is 20.2. The number of likely N-dealkylation sites (N-methyl/N-ethyl adjacent to an activating group) is 1. The number of hydrogen-bond donors (Lipinski definition) is 0. The van der Waals surface area contributed by atoms with E-state index in [1.54, 1.807) is 4.90 Å². The third-order valence-corrected chi connectivity index (χ3v) is 3.03. The van der Waals surface area contributed by atoms with E-state index >= 15 is 0 Å². The SMILES string of the molecule is CCN1CCc2ccccc2C(N=O)C1=O. The van der Waals surface area contributed by atoms with Crippen LogP contribution in [0.1, 0.15) is 24.1 Å². The molecule has 4 heteroatoms. The monoisotopic (exact) mass is 218 g/mol. The molecule has 1 aromatic rings. The van der Waals surface area contributed by atoms with Gasteiger partial charge in [-0.2, -0.15) is 0 Å². The number of amides is 1. The first-order valence-electron chi connectivity index (χ1n) is 5.47. The van der Waals surface area contributed by atoms with Gasteiger partial charge in [-0.15, -0.1) is 4.91 Å². The summed E-state index contributed by atoms with van der Waals surface area (Å²) in [6, 6.07) is 6.68. The van der Waals surface area contributed by atoms with Crippen molar-refractivity contribution in [1.82, 2.24) is 4.90 Å². The highest BCUT2D eigenvalue weighted by molar-refractivity contribution is 5.84. The van der Waals surface area contributed by atoms with E-state index in [9.17, 15) is 9.70 Å². The highest BCUT2D eigenvalue weighted by Crippen LogP contribution is 2.27. The summed E-state index contributed by atoms with van der Waals surface area (Å²) in [4.78, 5) is 24.5. The van der Waals surface area contributed by atoms with E-state index in [0.29, 0.717) is 13.1 Å². The quantitative estimate of drug-likeness (QED) is 0.712. The van der Waals surface area contributed by atoms with Crippen LogP contribution in [0.15, 0.2) is 29.4 Å². The van der Waals surface area contributed by atoms with Gasteiger partial charge in [0.15, 0.2) is 6.04 Å². The number of hydrogen-bond acceptors (Lipinski definition) is 3. The van der Waals surface area contributed by atoms with Crippen LogP contribution in [-0.4, -0.2) is 23.9 Å². The predicted molar refractivity (Wildman–Crippen MR) is 60.9 cm³/mol. The molecule has 0 fully saturated rings. The third-order valence-electron chi connectivity index (χ3n) is 3.03. The number of carbonyl (C=O) groups excluding carboxylic acids is 1. The summed E-state index contributed by atoms with van der Waals surface area (Å²) in [5, 5.41) is 2.99. The van der Waals surface area contributed by atoms with Crippen LogP contribution < -0.4 is 0 Å². The fourth-order valence-corrected chi connectivity index (χ4v) is 2.12. The molecule has 0 aliphatic carbocycles. The molecule has 0 spiro atoms. The van der Waals surface area contributed by atoms with Gasteiger partial charge in [0.25, 0.3) is 5.91 Å². The number of nitroso groups, excluding NO2 is 1. The van der Waals surface area contributed by atoms with Gasteiger partial charge in [0.05, 0.1) is 0 Å². The Kier molecular flexibility index (Phi) is 2.99. The Morgan fingerprint density at radius 1 is 1.44 bits per heavy atom.